The van der Waals surface area contributed by atoms with E-state index in [-0.39, 0.29) is 22.2 Å². The normalized spacial score (nSPS) is 10.3. The summed E-state index contributed by atoms with van der Waals surface area (Å²) >= 11 is 11.5. The Morgan fingerprint density at radius 3 is 2.50 bits per heavy atom. The number of rotatable bonds is 4. The molecule has 0 aliphatic carbocycles. The lowest BCUT2D eigenvalue weighted by Gasteiger charge is -2.09. The van der Waals surface area contributed by atoms with Crippen LogP contribution in [-0.4, -0.2) is 11.1 Å². The highest BCUT2D eigenvalue weighted by molar-refractivity contribution is 6.31. The fourth-order valence-electron chi connectivity index (χ4n) is 1.53. The molecule has 0 amide bonds. The van der Waals surface area contributed by atoms with Gasteiger partial charge in [0, 0.05) is 16.7 Å². The first kappa shape index (κ1) is 14.6. The predicted octanol–water partition coefficient (Wildman–Crippen LogP) is 4.41. The van der Waals surface area contributed by atoms with Gasteiger partial charge in [-0.25, -0.2) is 9.18 Å². The molecule has 0 heterocycles. The van der Waals surface area contributed by atoms with Crippen LogP contribution in [0.15, 0.2) is 36.4 Å². The van der Waals surface area contributed by atoms with Crippen molar-refractivity contribution in [1.82, 2.24) is 0 Å². The van der Waals surface area contributed by atoms with E-state index < -0.39 is 11.8 Å². The first-order valence-corrected chi connectivity index (χ1v) is 6.32. The molecule has 0 unspecified atom stereocenters. The van der Waals surface area contributed by atoms with Gasteiger partial charge in [-0.15, -0.1) is 0 Å². The van der Waals surface area contributed by atoms with E-state index in [1.54, 1.807) is 6.07 Å². The largest absolute Gasteiger partial charge is 0.489 e. The standard InChI is InChI=1S/C14H9Cl2FO3/c15-11-4-3-10(6-13(11)17)20-7-9-2-1-8(14(18)19)5-12(9)16/h1-6H,7H2,(H,18,19). The Kier molecular flexibility index (Phi) is 4.47. The number of ether oxygens (including phenoxy) is 1. The molecule has 6 heteroatoms. The first-order valence-electron chi connectivity index (χ1n) is 5.57. The molecule has 0 radical (unpaired) electrons. The molecule has 0 saturated heterocycles. The summed E-state index contributed by atoms with van der Waals surface area (Å²) in [6.45, 7) is 0.0970. The second-order valence-corrected chi connectivity index (χ2v) is 4.79. The van der Waals surface area contributed by atoms with Gasteiger partial charge in [-0.3, -0.25) is 0 Å². The molecule has 0 atom stereocenters. The molecule has 2 rings (SSSR count). The third-order valence-corrected chi connectivity index (χ3v) is 3.24. The van der Waals surface area contributed by atoms with Crippen molar-refractivity contribution in [3.05, 3.63) is 63.4 Å². The third-order valence-electron chi connectivity index (χ3n) is 2.59. The smallest absolute Gasteiger partial charge is 0.335 e. The van der Waals surface area contributed by atoms with Crippen molar-refractivity contribution in [2.45, 2.75) is 6.61 Å². The second-order valence-electron chi connectivity index (χ2n) is 3.98. The molecule has 20 heavy (non-hydrogen) atoms. The minimum Gasteiger partial charge on any atom is -0.489 e. The van der Waals surface area contributed by atoms with Crippen LogP contribution in [0.1, 0.15) is 15.9 Å². The Balaban J connectivity index is 2.10. The summed E-state index contributed by atoms with van der Waals surface area (Å²) in [6.07, 6.45) is 0. The highest BCUT2D eigenvalue weighted by atomic mass is 35.5. The quantitative estimate of drug-likeness (QED) is 0.909. The van der Waals surface area contributed by atoms with Gasteiger partial charge in [0.05, 0.1) is 10.6 Å². The van der Waals surface area contributed by atoms with E-state index >= 15 is 0 Å². The Bertz CT molecular complexity index is 659. The molecular formula is C14H9Cl2FO3. The summed E-state index contributed by atoms with van der Waals surface area (Å²) in [6, 6.07) is 8.41. The highest BCUT2D eigenvalue weighted by Gasteiger charge is 2.08. The minimum absolute atomic E-state index is 0.0150. The topological polar surface area (TPSA) is 46.5 Å². The van der Waals surface area contributed by atoms with Crippen LogP contribution in [0.25, 0.3) is 0 Å². The van der Waals surface area contributed by atoms with E-state index in [1.165, 1.54) is 30.3 Å². The predicted molar refractivity (Wildman–Crippen MR) is 74.2 cm³/mol. The summed E-state index contributed by atoms with van der Waals surface area (Å²) < 4.78 is 18.6. The molecule has 2 aromatic carbocycles. The van der Waals surface area contributed by atoms with Crippen molar-refractivity contribution >= 4 is 29.2 Å². The van der Waals surface area contributed by atoms with Crippen LogP contribution in [-0.2, 0) is 6.61 Å². The maximum atomic E-state index is 13.2. The lowest BCUT2D eigenvalue weighted by Crippen LogP contribution is -2.00. The average Bonchev–Trinajstić information content (AvgIpc) is 2.41. The Labute approximate surface area is 124 Å². The lowest BCUT2D eigenvalue weighted by molar-refractivity contribution is 0.0697. The van der Waals surface area contributed by atoms with E-state index in [2.05, 4.69) is 0 Å². The molecule has 0 aliphatic rings. The molecule has 0 saturated carbocycles. The van der Waals surface area contributed by atoms with Crippen molar-refractivity contribution < 1.29 is 19.0 Å². The maximum absolute atomic E-state index is 13.2. The molecular weight excluding hydrogens is 306 g/mol. The number of carboxylic acids is 1. The molecule has 0 spiro atoms. The lowest BCUT2D eigenvalue weighted by atomic mass is 10.1. The van der Waals surface area contributed by atoms with Gasteiger partial charge in [0.1, 0.15) is 18.2 Å². The van der Waals surface area contributed by atoms with Crippen LogP contribution in [0.4, 0.5) is 4.39 Å². The molecule has 0 aromatic heterocycles. The van der Waals surface area contributed by atoms with Crippen LogP contribution >= 0.6 is 23.2 Å². The van der Waals surface area contributed by atoms with E-state index in [1.807, 2.05) is 0 Å². The van der Waals surface area contributed by atoms with Crippen LogP contribution in [0, 0.1) is 5.82 Å². The van der Waals surface area contributed by atoms with E-state index in [4.69, 9.17) is 33.0 Å². The van der Waals surface area contributed by atoms with Crippen LogP contribution in [0.5, 0.6) is 5.75 Å². The average molecular weight is 315 g/mol. The number of benzene rings is 2. The number of hydrogen-bond donors (Lipinski definition) is 1. The summed E-state index contributed by atoms with van der Waals surface area (Å²) in [7, 11) is 0. The minimum atomic E-state index is -1.06. The first-order chi connectivity index (χ1) is 9.47. The number of carboxylic acid groups (broad SMARTS) is 1. The van der Waals surface area contributed by atoms with Crippen molar-refractivity contribution in [1.29, 1.82) is 0 Å². The summed E-state index contributed by atoms with van der Waals surface area (Å²) in [5.74, 6) is -1.32. The number of carbonyl (C=O) groups is 1. The van der Waals surface area contributed by atoms with E-state index in [0.717, 1.165) is 0 Å². The molecule has 0 bridgehead atoms. The zero-order valence-corrected chi connectivity index (χ0v) is 11.6. The van der Waals surface area contributed by atoms with Gasteiger partial charge in [-0.2, -0.15) is 0 Å². The van der Waals surface area contributed by atoms with Crippen LogP contribution < -0.4 is 4.74 Å². The summed E-state index contributed by atoms with van der Waals surface area (Å²) in [4.78, 5) is 10.8. The fraction of sp³-hybridized carbons (Fsp3) is 0.0714. The third kappa shape index (κ3) is 3.40. The summed E-state index contributed by atoms with van der Waals surface area (Å²) in [5, 5.41) is 9.11. The van der Waals surface area contributed by atoms with Crippen LogP contribution in [0.3, 0.4) is 0 Å². The highest BCUT2D eigenvalue weighted by Crippen LogP contribution is 2.23. The van der Waals surface area contributed by atoms with Crippen molar-refractivity contribution in [2.75, 3.05) is 0 Å². The Morgan fingerprint density at radius 2 is 1.90 bits per heavy atom. The van der Waals surface area contributed by atoms with Crippen molar-refractivity contribution in [2.24, 2.45) is 0 Å². The van der Waals surface area contributed by atoms with Gasteiger partial charge < -0.3 is 9.84 Å². The number of halogens is 3. The zero-order chi connectivity index (χ0) is 14.7. The van der Waals surface area contributed by atoms with Crippen LogP contribution in [0.2, 0.25) is 10.0 Å². The Morgan fingerprint density at radius 1 is 1.15 bits per heavy atom. The van der Waals surface area contributed by atoms with Gasteiger partial charge in [0.25, 0.3) is 0 Å². The van der Waals surface area contributed by atoms with Gasteiger partial charge in [-0.05, 0) is 24.3 Å². The molecule has 0 aliphatic heterocycles. The van der Waals surface area contributed by atoms with Crippen molar-refractivity contribution in [3.63, 3.8) is 0 Å². The molecule has 0 fully saturated rings. The number of aromatic carboxylic acids is 1. The van der Waals surface area contributed by atoms with E-state index in [9.17, 15) is 9.18 Å². The molecule has 2 aromatic rings. The number of hydrogen-bond acceptors (Lipinski definition) is 2. The summed E-state index contributed by atoms with van der Waals surface area (Å²) in [5.41, 5.74) is 0.698. The van der Waals surface area contributed by atoms with Gasteiger partial charge in [0.15, 0.2) is 0 Å². The van der Waals surface area contributed by atoms with Crippen molar-refractivity contribution in [3.8, 4) is 5.75 Å². The van der Waals surface area contributed by atoms with Gasteiger partial charge in [-0.1, -0.05) is 29.3 Å². The van der Waals surface area contributed by atoms with Gasteiger partial charge in [0.2, 0.25) is 0 Å². The maximum Gasteiger partial charge on any atom is 0.335 e. The molecule has 3 nitrogen and oxygen atoms in total. The molecule has 1 N–H and O–H groups in total. The zero-order valence-electron chi connectivity index (χ0n) is 10.1. The van der Waals surface area contributed by atoms with Gasteiger partial charge >= 0.3 is 5.97 Å². The SMILES string of the molecule is O=C(O)c1ccc(COc2ccc(Cl)c(F)c2)c(Cl)c1. The monoisotopic (exact) mass is 314 g/mol. The Hall–Kier alpha value is -1.78. The fourth-order valence-corrected chi connectivity index (χ4v) is 1.88. The second kappa shape index (κ2) is 6.11. The molecule has 104 valence electrons. The van der Waals surface area contributed by atoms with E-state index in [0.29, 0.717) is 11.3 Å².